The average Bonchev–Trinajstić information content (AvgIpc) is 3.96. The smallest absolute Gasteiger partial charge is 0.137 e. The fourth-order valence-corrected chi connectivity index (χ4v) is 9.20. The van der Waals surface area contributed by atoms with Crippen LogP contribution in [0.3, 0.4) is 0 Å². The van der Waals surface area contributed by atoms with E-state index < -0.39 is 0 Å². The fraction of sp³-hybridized carbons (Fsp3) is 0. The highest BCUT2D eigenvalue weighted by molar-refractivity contribution is 6.19. The standard InChI is InChI=1S/C54H35N3O/c1-2-14-38(15-3-1)56-47-22-10-6-18-43(47)53-48(56)23-12-24-49(53)57(50-25-13-27-52-54(50)44-19-7-11-26-51(44)58-52)40-34-30-37(31-35-40)36-28-32-39(33-29-36)55-45-20-8-4-16-41(45)42-17-5-9-21-46(42)55/h1-35H. The third kappa shape index (κ3) is 4.88. The Bertz CT molecular complexity index is 3440. The second kappa shape index (κ2) is 12.9. The van der Waals surface area contributed by atoms with Crippen LogP contribution in [0.5, 0.6) is 0 Å². The first-order chi connectivity index (χ1) is 28.8. The van der Waals surface area contributed by atoms with Crippen molar-refractivity contribution in [1.82, 2.24) is 9.13 Å². The number of benzene rings is 9. The maximum atomic E-state index is 6.46. The van der Waals surface area contributed by atoms with E-state index in [4.69, 9.17) is 4.42 Å². The molecule has 272 valence electrons. The number of hydrogen-bond acceptors (Lipinski definition) is 2. The minimum atomic E-state index is 0.863. The number of fused-ring (bicyclic) bond motifs is 9. The van der Waals surface area contributed by atoms with Gasteiger partial charge in [-0.2, -0.15) is 0 Å². The second-order valence-electron chi connectivity index (χ2n) is 14.9. The highest BCUT2D eigenvalue weighted by Gasteiger charge is 2.24. The molecule has 9 aromatic carbocycles. The lowest BCUT2D eigenvalue weighted by Crippen LogP contribution is -2.11. The highest BCUT2D eigenvalue weighted by Crippen LogP contribution is 2.47. The van der Waals surface area contributed by atoms with E-state index in [0.29, 0.717) is 0 Å². The molecule has 0 bridgehead atoms. The minimum absolute atomic E-state index is 0.863. The van der Waals surface area contributed by atoms with Crippen molar-refractivity contribution >= 4 is 82.6 Å². The number of aromatic nitrogens is 2. The SMILES string of the molecule is c1ccc(-n2c3ccccc3c3c(N(c4ccc(-c5ccc(-n6c7ccccc7c7ccccc76)cc5)cc4)c4cccc5oc6ccccc6c45)cccc32)cc1. The number of furan rings is 1. The van der Waals surface area contributed by atoms with Gasteiger partial charge in [-0.1, -0.05) is 127 Å². The van der Waals surface area contributed by atoms with Crippen LogP contribution < -0.4 is 4.90 Å². The highest BCUT2D eigenvalue weighted by atomic mass is 16.3. The van der Waals surface area contributed by atoms with E-state index in [1.807, 2.05) is 6.07 Å². The molecule has 0 saturated heterocycles. The van der Waals surface area contributed by atoms with Gasteiger partial charge < -0.3 is 18.5 Å². The summed E-state index contributed by atoms with van der Waals surface area (Å²) in [6.45, 7) is 0. The summed E-state index contributed by atoms with van der Waals surface area (Å²) in [6.07, 6.45) is 0. The zero-order valence-electron chi connectivity index (χ0n) is 31.5. The molecule has 0 N–H and O–H groups in total. The molecule has 3 aromatic heterocycles. The van der Waals surface area contributed by atoms with Gasteiger partial charge in [-0.25, -0.2) is 0 Å². The Kier molecular flexibility index (Phi) is 7.20. The Labute approximate surface area is 334 Å². The van der Waals surface area contributed by atoms with Gasteiger partial charge in [0.2, 0.25) is 0 Å². The Hall–Kier alpha value is -7.82. The zero-order valence-corrected chi connectivity index (χ0v) is 31.5. The van der Waals surface area contributed by atoms with Crippen molar-refractivity contribution in [2.24, 2.45) is 0 Å². The summed E-state index contributed by atoms with van der Waals surface area (Å²) in [6, 6.07) is 76.1. The number of rotatable bonds is 6. The van der Waals surface area contributed by atoms with Gasteiger partial charge in [-0.3, -0.25) is 0 Å². The van der Waals surface area contributed by atoms with Crippen LogP contribution in [-0.4, -0.2) is 9.13 Å². The van der Waals surface area contributed by atoms with Crippen molar-refractivity contribution in [3.8, 4) is 22.5 Å². The van der Waals surface area contributed by atoms with Crippen molar-refractivity contribution < 1.29 is 4.42 Å². The zero-order chi connectivity index (χ0) is 38.2. The fourth-order valence-electron chi connectivity index (χ4n) is 9.20. The van der Waals surface area contributed by atoms with Crippen LogP contribution in [0.1, 0.15) is 0 Å². The molecule has 0 spiro atoms. The Morgan fingerprint density at radius 3 is 1.47 bits per heavy atom. The van der Waals surface area contributed by atoms with Gasteiger partial charge in [0.05, 0.1) is 38.8 Å². The monoisotopic (exact) mass is 741 g/mol. The predicted molar refractivity (Wildman–Crippen MR) is 243 cm³/mol. The Balaban J connectivity index is 1.03. The molecule has 0 aliphatic carbocycles. The molecule has 3 heterocycles. The van der Waals surface area contributed by atoms with Crippen molar-refractivity contribution in [1.29, 1.82) is 0 Å². The molecule has 0 amide bonds. The lowest BCUT2D eigenvalue weighted by molar-refractivity contribution is 0.669. The van der Waals surface area contributed by atoms with Gasteiger partial charge in [0.15, 0.2) is 0 Å². The number of nitrogens with zero attached hydrogens (tertiary/aromatic N) is 3. The molecule has 0 atom stereocenters. The maximum Gasteiger partial charge on any atom is 0.137 e. The molecule has 0 aliphatic heterocycles. The largest absolute Gasteiger partial charge is 0.456 e. The van der Waals surface area contributed by atoms with Crippen molar-refractivity contribution in [2.75, 3.05) is 4.90 Å². The van der Waals surface area contributed by atoms with Gasteiger partial charge in [0, 0.05) is 44.0 Å². The predicted octanol–water partition coefficient (Wildman–Crippen LogP) is 14.9. The summed E-state index contributed by atoms with van der Waals surface area (Å²) < 4.78 is 11.2. The molecule has 0 unspecified atom stereocenters. The van der Waals surface area contributed by atoms with Crippen LogP contribution in [0.4, 0.5) is 17.1 Å². The van der Waals surface area contributed by atoms with E-state index in [9.17, 15) is 0 Å². The number of hydrogen-bond donors (Lipinski definition) is 0. The third-order valence-electron chi connectivity index (χ3n) is 11.7. The molecular weight excluding hydrogens is 707 g/mol. The van der Waals surface area contributed by atoms with Crippen molar-refractivity contribution in [3.63, 3.8) is 0 Å². The Morgan fingerprint density at radius 2 is 0.776 bits per heavy atom. The number of para-hydroxylation sites is 5. The molecule has 0 fully saturated rings. The van der Waals surface area contributed by atoms with Gasteiger partial charge >= 0.3 is 0 Å². The molecule has 0 saturated carbocycles. The average molecular weight is 742 g/mol. The molecule has 12 aromatic rings. The van der Waals surface area contributed by atoms with Crippen molar-refractivity contribution in [2.45, 2.75) is 0 Å². The van der Waals surface area contributed by atoms with Gasteiger partial charge in [-0.15, -0.1) is 0 Å². The van der Waals surface area contributed by atoms with Gasteiger partial charge in [0.25, 0.3) is 0 Å². The summed E-state index contributed by atoms with van der Waals surface area (Å²) in [4.78, 5) is 2.42. The first-order valence-corrected chi connectivity index (χ1v) is 19.8. The van der Waals surface area contributed by atoms with E-state index >= 15 is 0 Å². The summed E-state index contributed by atoms with van der Waals surface area (Å²) in [5.74, 6) is 0. The van der Waals surface area contributed by atoms with Crippen LogP contribution in [0.25, 0.3) is 88.1 Å². The number of anilines is 3. The molecule has 0 aliphatic rings. The summed E-state index contributed by atoms with van der Waals surface area (Å²) >= 11 is 0. The van der Waals surface area contributed by atoms with E-state index in [-0.39, 0.29) is 0 Å². The minimum Gasteiger partial charge on any atom is -0.456 e. The Morgan fingerprint density at radius 1 is 0.310 bits per heavy atom. The lowest BCUT2D eigenvalue weighted by Gasteiger charge is -2.27. The second-order valence-corrected chi connectivity index (χ2v) is 14.9. The van der Waals surface area contributed by atoms with Crippen LogP contribution >= 0.6 is 0 Å². The first-order valence-electron chi connectivity index (χ1n) is 19.8. The van der Waals surface area contributed by atoms with Gasteiger partial charge in [0.1, 0.15) is 11.2 Å². The van der Waals surface area contributed by atoms with Crippen molar-refractivity contribution in [3.05, 3.63) is 212 Å². The quantitative estimate of drug-likeness (QED) is 0.170. The normalized spacial score (nSPS) is 11.8. The van der Waals surface area contributed by atoms with E-state index in [1.54, 1.807) is 0 Å². The van der Waals surface area contributed by atoms with Crippen LogP contribution in [0.2, 0.25) is 0 Å². The molecule has 4 nitrogen and oxygen atoms in total. The van der Waals surface area contributed by atoms with Crippen LogP contribution in [-0.2, 0) is 0 Å². The summed E-state index contributed by atoms with van der Waals surface area (Å²) in [5, 5.41) is 7.11. The van der Waals surface area contributed by atoms with Gasteiger partial charge in [-0.05, 0) is 96.1 Å². The molecule has 12 rings (SSSR count). The van der Waals surface area contributed by atoms with E-state index in [0.717, 1.165) is 61.5 Å². The lowest BCUT2D eigenvalue weighted by atomic mass is 10.0. The molecule has 58 heavy (non-hydrogen) atoms. The van der Waals surface area contributed by atoms with Crippen LogP contribution in [0.15, 0.2) is 217 Å². The summed E-state index contributed by atoms with van der Waals surface area (Å²) in [7, 11) is 0. The van der Waals surface area contributed by atoms with Crippen LogP contribution in [0, 0.1) is 0 Å². The molecule has 0 radical (unpaired) electrons. The van der Waals surface area contributed by atoms with E-state index in [2.05, 4.69) is 220 Å². The molecular formula is C54H35N3O. The first kappa shape index (κ1) is 32.4. The third-order valence-corrected chi connectivity index (χ3v) is 11.7. The molecule has 4 heteroatoms. The van der Waals surface area contributed by atoms with E-state index in [1.165, 1.54) is 43.7 Å². The topological polar surface area (TPSA) is 26.2 Å². The summed E-state index contributed by atoms with van der Waals surface area (Å²) in [5.41, 5.74) is 14.3. The maximum absolute atomic E-state index is 6.46.